The van der Waals surface area contributed by atoms with Crippen LogP contribution in [0.25, 0.3) is 0 Å². The molecule has 3 aliphatic heterocycles. The number of benzene rings is 1. The highest BCUT2D eigenvalue weighted by atomic mass is 32.2. The molecule has 2 aromatic rings. The Morgan fingerprint density at radius 2 is 2.09 bits per heavy atom. The number of nitrogens with zero attached hydrogens (tertiary/aromatic N) is 6. The predicted molar refractivity (Wildman–Crippen MR) is 112 cm³/mol. The molecule has 1 aromatic carbocycles. The third-order valence-corrected chi connectivity index (χ3v) is 7.24. The maximum absolute atomic E-state index is 13.0. The maximum atomic E-state index is 13.0. The van der Waals surface area contributed by atoms with Gasteiger partial charge in [-0.05, 0) is 46.3 Å². The molecule has 5 rings (SSSR count). The predicted octanol–water partition coefficient (Wildman–Crippen LogP) is 0.402. The summed E-state index contributed by atoms with van der Waals surface area (Å²) >= 11 is 1.13. The molecule has 4 heterocycles. The van der Waals surface area contributed by atoms with Gasteiger partial charge in [0.25, 0.3) is 5.91 Å². The van der Waals surface area contributed by atoms with Crippen LogP contribution in [0, 0.1) is 5.92 Å². The first-order valence-electron chi connectivity index (χ1n) is 10.2. The van der Waals surface area contributed by atoms with Crippen LogP contribution < -0.4 is 5.32 Å². The molecule has 14 nitrogen and oxygen atoms in total. The first-order chi connectivity index (χ1) is 16.3. The van der Waals surface area contributed by atoms with Crippen LogP contribution in [0.3, 0.4) is 0 Å². The Balaban J connectivity index is 1.34. The molecule has 178 valence electrons. The molecule has 15 heteroatoms. The van der Waals surface area contributed by atoms with E-state index in [0.29, 0.717) is 22.0 Å². The van der Waals surface area contributed by atoms with Gasteiger partial charge in [-0.25, -0.2) is 14.3 Å². The largest absolute Gasteiger partial charge is 0.512 e. The number of tetrazole rings is 1. The van der Waals surface area contributed by atoms with Crippen LogP contribution in [-0.4, -0.2) is 82.0 Å². The average Bonchev–Trinajstić information content (AvgIpc) is 3.33. The van der Waals surface area contributed by atoms with Gasteiger partial charge in [-0.3, -0.25) is 9.69 Å². The van der Waals surface area contributed by atoms with Gasteiger partial charge in [-0.1, -0.05) is 6.07 Å². The molecule has 0 spiro atoms. The summed E-state index contributed by atoms with van der Waals surface area (Å²) in [6.45, 7) is 0.341. The first-order valence-corrected chi connectivity index (χ1v) is 11.0. The number of phenols is 2. The summed E-state index contributed by atoms with van der Waals surface area (Å²) in [6.07, 6.45) is -1.08. The zero-order chi connectivity index (χ0) is 24.1. The van der Waals surface area contributed by atoms with Crippen LogP contribution in [0.5, 0.6) is 11.5 Å². The lowest BCUT2D eigenvalue weighted by Gasteiger charge is -2.52. The number of carbonyl (C=O) groups excluding carboxylic acids is 2. The molecule has 2 fully saturated rings. The third-order valence-electron chi connectivity index (χ3n) is 6.02. The number of ether oxygens (including phenoxy) is 1. The van der Waals surface area contributed by atoms with Crippen molar-refractivity contribution in [1.29, 1.82) is 0 Å². The number of carbonyl (C=O) groups is 3. The van der Waals surface area contributed by atoms with E-state index in [2.05, 4.69) is 20.8 Å². The summed E-state index contributed by atoms with van der Waals surface area (Å²) in [7, 11) is 1.64. The van der Waals surface area contributed by atoms with Gasteiger partial charge < -0.3 is 30.3 Å². The van der Waals surface area contributed by atoms with Crippen molar-refractivity contribution in [3.05, 3.63) is 34.6 Å². The molecule has 3 atom stereocenters. The number of piperidine rings is 1. The molecular formula is C19H19N7O7S. The molecule has 3 amide bonds. The summed E-state index contributed by atoms with van der Waals surface area (Å²) in [6, 6.07) is 2.51. The van der Waals surface area contributed by atoms with Crippen LogP contribution in [0.15, 0.2) is 34.1 Å². The fraction of sp³-hybridized carbons (Fsp3) is 0.368. The Kier molecular flexibility index (Phi) is 5.19. The molecule has 0 radical (unpaired) electrons. The van der Waals surface area contributed by atoms with Crippen molar-refractivity contribution < 1.29 is 34.4 Å². The van der Waals surface area contributed by atoms with Crippen molar-refractivity contribution in [2.75, 3.05) is 6.54 Å². The van der Waals surface area contributed by atoms with E-state index in [1.165, 1.54) is 26.6 Å². The Labute approximate surface area is 195 Å². The third kappa shape index (κ3) is 3.44. The molecule has 1 aromatic heterocycles. The maximum Gasteiger partial charge on any atom is 0.512 e. The van der Waals surface area contributed by atoms with Crippen LogP contribution in [0.4, 0.5) is 9.59 Å². The van der Waals surface area contributed by atoms with Gasteiger partial charge in [-0.15, -0.1) is 5.10 Å². The van der Waals surface area contributed by atoms with E-state index in [1.807, 2.05) is 0 Å². The van der Waals surface area contributed by atoms with Crippen molar-refractivity contribution in [2.45, 2.75) is 30.2 Å². The second-order valence-electron chi connectivity index (χ2n) is 7.94. The molecule has 2 saturated heterocycles. The fourth-order valence-corrected chi connectivity index (χ4v) is 5.57. The van der Waals surface area contributed by atoms with Gasteiger partial charge in [0.1, 0.15) is 6.04 Å². The number of hydrogen-bond donors (Lipinski definition) is 4. The van der Waals surface area contributed by atoms with Crippen molar-refractivity contribution in [3.8, 4) is 11.5 Å². The second kappa shape index (κ2) is 8.09. The summed E-state index contributed by atoms with van der Waals surface area (Å²) in [5, 5.41) is 42.7. The van der Waals surface area contributed by atoms with E-state index in [1.54, 1.807) is 13.1 Å². The number of thioether (sulfide) groups is 1. The minimum absolute atomic E-state index is 0.0708. The molecule has 34 heavy (non-hydrogen) atoms. The minimum atomic E-state index is -1.55. The van der Waals surface area contributed by atoms with Gasteiger partial charge in [-0.2, -0.15) is 0 Å². The number of urea groups is 1. The number of rotatable bonds is 5. The number of aromatic hydroxyl groups is 2. The van der Waals surface area contributed by atoms with Crippen molar-refractivity contribution >= 4 is 29.9 Å². The Morgan fingerprint density at radius 3 is 2.76 bits per heavy atom. The van der Waals surface area contributed by atoms with E-state index < -0.39 is 30.2 Å². The van der Waals surface area contributed by atoms with E-state index in [-0.39, 0.29) is 36.4 Å². The number of aryl methyl sites for hydroxylation is 1. The standard InChI is InChI=1S/C19H19N7O7S/c1-24-18(21-22-23-24)34-14-9-4-5-25(13-12(9)26(15(13)29)16(14)33-19(31)32)17(30)20-7-8-2-3-10(27)11(28)6-8/h2-3,6,9,12-13,27-28H,4-5,7H2,1H3,(H,20,30)(H,31,32)/t9?,12-,13+/m1/s1. The van der Waals surface area contributed by atoms with Crippen LogP contribution >= 0.6 is 11.8 Å². The number of hydrogen-bond acceptors (Lipinski definition) is 10. The van der Waals surface area contributed by atoms with Crippen molar-refractivity contribution in [3.63, 3.8) is 0 Å². The summed E-state index contributed by atoms with van der Waals surface area (Å²) in [5.74, 6) is -1.31. The number of likely N-dealkylation sites (tertiary alicyclic amines) is 1. The highest BCUT2D eigenvalue weighted by molar-refractivity contribution is 8.03. The highest BCUT2D eigenvalue weighted by Gasteiger charge is 2.64. The zero-order valence-electron chi connectivity index (χ0n) is 17.7. The molecule has 0 bridgehead atoms. The Bertz CT molecular complexity index is 1230. The van der Waals surface area contributed by atoms with Gasteiger partial charge in [0.15, 0.2) is 11.5 Å². The lowest BCUT2D eigenvalue weighted by atomic mass is 9.81. The number of nitrogens with one attached hydrogen (secondary N) is 1. The lowest BCUT2D eigenvalue weighted by molar-refractivity contribution is -0.160. The smallest absolute Gasteiger partial charge is 0.504 e. The SMILES string of the molecule is Cn1nnnc1SC1=C(OC(=O)O)N2C(=O)[C@@H]3[C@H]2C1CCN3C(=O)NCc1ccc(O)c(O)c1. The van der Waals surface area contributed by atoms with Gasteiger partial charge in [0, 0.05) is 26.1 Å². The van der Waals surface area contributed by atoms with E-state index >= 15 is 0 Å². The monoisotopic (exact) mass is 489 g/mol. The molecule has 0 saturated carbocycles. The second-order valence-corrected chi connectivity index (χ2v) is 8.95. The fourth-order valence-electron chi connectivity index (χ4n) is 4.49. The number of aromatic nitrogens is 4. The molecule has 1 unspecified atom stereocenters. The van der Waals surface area contributed by atoms with E-state index in [0.717, 1.165) is 11.8 Å². The topological polar surface area (TPSA) is 183 Å². The normalized spacial score (nSPS) is 23.0. The number of amides is 3. The van der Waals surface area contributed by atoms with Crippen LogP contribution in [0.2, 0.25) is 0 Å². The Hall–Kier alpha value is -4.01. The molecule has 4 N–H and O–H groups in total. The number of phenolic OH excluding ortho intramolecular Hbond substituents is 2. The number of carboxylic acid groups (broad SMARTS) is 1. The summed E-state index contributed by atoms with van der Waals surface area (Å²) in [5.41, 5.74) is 0.566. The van der Waals surface area contributed by atoms with Crippen molar-refractivity contribution in [1.82, 2.24) is 35.3 Å². The first kappa shape index (κ1) is 21.8. The van der Waals surface area contributed by atoms with E-state index in [4.69, 9.17) is 4.74 Å². The number of β-lactam (4-membered cyclic amide) rings is 1. The van der Waals surface area contributed by atoms with Crippen molar-refractivity contribution in [2.24, 2.45) is 13.0 Å². The van der Waals surface area contributed by atoms with E-state index in [9.17, 15) is 29.7 Å². The molecule has 0 aliphatic carbocycles. The van der Waals surface area contributed by atoms with Crippen LogP contribution in [-0.2, 0) is 23.1 Å². The van der Waals surface area contributed by atoms with Crippen LogP contribution in [0.1, 0.15) is 12.0 Å². The Morgan fingerprint density at radius 1 is 1.29 bits per heavy atom. The lowest BCUT2D eigenvalue weighted by Crippen LogP contribution is -2.74. The summed E-state index contributed by atoms with van der Waals surface area (Å²) < 4.78 is 6.41. The minimum Gasteiger partial charge on any atom is -0.504 e. The van der Waals surface area contributed by atoms with Gasteiger partial charge in [0.05, 0.1) is 10.9 Å². The molecular weight excluding hydrogens is 470 g/mol. The van der Waals surface area contributed by atoms with Gasteiger partial charge in [0.2, 0.25) is 11.0 Å². The highest BCUT2D eigenvalue weighted by Crippen LogP contribution is 2.53. The van der Waals surface area contributed by atoms with Gasteiger partial charge >= 0.3 is 12.2 Å². The molecule has 3 aliphatic rings. The average molecular weight is 489 g/mol. The summed E-state index contributed by atoms with van der Waals surface area (Å²) in [4.78, 5) is 40.5. The zero-order valence-corrected chi connectivity index (χ0v) is 18.5. The quantitative estimate of drug-likeness (QED) is 0.259.